The summed E-state index contributed by atoms with van der Waals surface area (Å²) in [5.41, 5.74) is 5.91. The number of benzene rings is 2. The van der Waals surface area contributed by atoms with Gasteiger partial charge in [-0.15, -0.1) is 46.2 Å². The number of pyridine rings is 1. The largest absolute Gasteiger partial charge is 0.512 e. The average Bonchev–Trinajstić information content (AvgIpc) is 3.16. The number of carbonyl (C=O) groups is 1. The molecule has 0 fully saturated rings. The number of hydrogen-bond donors (Lipinski definition) is 1. The molecule has 0 spiro atoms. The van der Waals surface area contributed by atoms with Crippen molar-refractivity contribution in [2.45, 2.75) is 47.0 Å². The van der Waals surface area contributed by atoms with Crippen LogP contribution in [-0.2, 0) is 30.3 Å². The standard InChI is InChI=1S/C24H22NS.C5H8O2.Ir/c1-16-10-18(12-20(11-16)24(2,3)4)21-13-19-14-22(26-23(19)15-25-21)17-8-6-5-7-9-17;1-4(6)3-5(2)7;/h5-9,11-15H,1-4H3;3,6H,1-2H3;/q-1;;/b;4-3-;. The normalized spacial score (nSPS) is 11.4. The van der Waals surface area contributed by atoms with Gasteiger partial charge in [0.05, 0.1) is 10.5 Å². The molecule has 0 aliphatic carbocycles. The van der Waals surface area contributed by atoms with E-state index in [2.05, 4.69) is 88.4 Å². The van der Waals surface area contributed by atoms with Gasteiger partial charge < -0.3 is 10.1 Å². The maximum atomic E-state index is 10.0. The molecule has 4 aromatic rings. The van der Waals surface area contributed by atoms with E-state index in [1.165, 1.54) is 46.0 Å². The van der Waals surface area contributed by atoms with Crippen molar-refractivity contribution in [3.63, 3.8) is 0 Å². The number of thiophene rings is 1. The van der Waals surface area contributed by atoms with Crippen LogP contribution in [-0.4, -0.2) is 15.9 Å². The van der Waals surface area contributed by atoms with Crippen LogP contribution < -0.4 is 0 Å². The Hall–Kier alpha value is -2.59. The molecule has 0 saturated heterocycles. The number of fused-ring (bicyclic) bond motifs is 1. The minimum atomic E-state index is -0.125. The Morgan fingerprint density at radius 2 is 1.74 bits per heavy atom. The summed E-state index contributed by atoms with van der Waals surface area (Å²) in [6.45, 7) is 11.7. The molecule has 0 bridgehead atoms. The van der Waals surface area contributed by atoms with Gasteiger partial charge in [-0.3, -0.25) is 4.79 Å². The van der Waals surface area contributed by atoms with E-state index in [0.29, 0.717) is 0 Å². The van der Waals surface area contributed by atoms with Gasteiger partial charge in [0.2, 0.25) is 0 Å². The maximum Gasteiger partial charge on any atom is 0.155 e. The van der Waals surface area contributed by atoms with Gasteiger partial charge in [0.25, 0.3) is 0 Å². The molecular formula is C29H30IrNO2S-. The number of aryl methyl sites for hydroxylation is 1. The van der Waals surface area contributed by atoms with Gasteiger partial charge in [0.1, 0.15) is 0 Å². The smallest absolute Gasteiger partial charge is 0.155 e. The van der Waals surface area contributed by atoms with Crippen LogP contribution in [0.3, 0.4) is 0 Å². The van der Waals surface area contributed by atoms with Crippen molar-refractivity contribution in [3.8, 4) is 21.7 Å². The summed E-state index contributed by atoms with van der Waals surface area (Å²) < 4.78 is 1.22. The van der Waals surface area contributed by atoms with Gasteiger partial charge in [0.15, 0.2) is 5.78 Å². The van der Waals surface area contributed by atoms with Gasteiger partial charge in [-0.25, -0.2) is 0 Å². The molecule has 2 aromatic heterocycles. The van der Waals surface area contributed by atoms with E-state index >= 15 is 0 Å². The minimum Gasteiger partial charge on any atom is -0.512 e. The Bertz CT molecular complexity index is 1300. The molecule has 0 aliphatic heterocycles. The van der Waals surface area contributed by atoms with Crippen LogP contribution >= 0.6 is 11.3 Å². The van der Waals surface area contributed by atoms with Crippen molar-refractivity contribution in [1.29, 1.82) is 0 Å². The molecule has 34 heavy (non-hydrogen) atoms. The molecule has 0 aliphatic rings. The number of ketones is 1. The summed E-state index contributed by atoms with van der Waals surface area (Å²) in [5, 5.41) is 9.60. The van der Waals surface area contributed by atoms with Crippen LogP contribution in [0.4, 0.5) is 0 Å². The predicted molar refractivity (Wildman–Crippen MR) is 140 cm³/mol. The van der Waals surface area contributed by atoms with Crippen molar-refractivity contribution < 1.29 is 30.0 Å². The van der Waals surface area contributed by atoms with E-state index in [1.54, 1.807) is 11.3 Å². The number of allylic oxidation sites excluding steroid dienone is 2. The first-order valence-corrected chi connectivity index (χ1v) is 11.7. The third-order valence-electron chi connectivity index (χ3n) is 5.02. The van der Waals surface area contributed by atoms with Gasteiger partial charge in [-0.05, 0) is 42.0 Å². The first-order chi connectivity index (χ1) is 15.5. The van der Waals surface area contributed by atoms with Gasteiger partial charge >= 0.3 is 0 Å². The number of aromatic nitrogens is 1. The fourth-order valence-electron chi connectivity index (χ4n) is 3.42. The van der Waals surface area contributed by atoms with Crippen LogP contribution in [0, 0.1) is 13.0 Å². The minimum absolute atomic E-state index is 0. The molecule has 1 radical (unpaired) electrons. The first-order valence-electron chi connectivity index (χ1n) is 10.9. The van der Waals surface area contributed by atoms with Crippen molar-refractivity contribution in [3.05, 3.63) is 89.8 Å². The number of hydrogen-bond acceptors (Lipinski definition) is 4. The maximum absolute atomic E-state index is 10.0. The van der Waals surface area contributed by atoms with E-state index in [9.17, 15) is 4.79 Å². The average molecular weight is 649 g/mol. The Morgan fingerprint density at radius 3 is 2.29 bits per heavy atom. The monoisotopic (exact) mass is 649 g/mol. The van der Waals surface area contributed by atoms with Gasteiger partial charge in [-0.2, -0.15) is 0 Å². The summed E-state index contributed by atoms with van der Waals surface area (Å²) in [6.07, 6.45) is 3.16. The number of aliphatic hydroxyl groups excluding tert-OH is 1. The fourth-order valence-corrected chi connectivity index (χ4v) is 4.44. The second-order valence-corrected chi connectivity index (χ2v) is 10.3. The SMILES string of the molecule is CC(=O)/C=C(/C)O.Cc1[c-]c(-c2cc3cc(-c4ccccc4)sc3cn2)cc(C(C)(C)C)c1.[Ir]. The topological polar surface area (TPSA) is 50.2 Å². The summed E-state index contributed by atoms with van der Waals surface area (Å²) >= 11 is 1.79. The molecule has 2 aromatic carbocycles. The molecule has 0 saturated carbocycles. The van der Waals surface area contributed by atoms with E-state index in [0.717, 1.165) is 16.8 Å². The van der Waals surface area contributed by atoms with Crippen molar-refractivity contribution >= 4 is 27.2 Å². The van der Waals surface area contributed by atoms with Crippen molar-refractivity contribution in [1.82, 2.24) is 4.98 Å². The molecule has 0 atom stereocenters. The third kappa shape index (κ3) is 7.46. The molecule has 2 heterocycles. The van der Waals surface area contributed by atoms with Crippen LogP contribution in [0.2, 0.25) is 0 Å². The quantitative estimate of drug-likeness (QED) is 0.139. The fraction of sp³-hybridized carbons (Fsp3) is 0.241. The Kier molecular flexibility index (Phi) is 9.52. The van der Waals surface area contributed by atoms with Gasteiger partial charge in [0, 0.05) is 37.3 Å². The van der Waals surface area contributed by atoms with E-state index in [-0.39, 0.29) is 37.1 Å². The third-order valence-corrected chi connectivity index (χ3v) is 6.15. The Balaban J connectivity index is 0.000000449. The first kappa shape index (κ1) is 27.7. The van der Waals surface area contributed by atoms with Crippen molar-refractivity contribution in [2.75, 3.05) is 0 Å². The Morgan fingerprint density at radius 1 is 1.06 bits per heavy atom. The zero-order valence-electron chi connectivity index (χ0n) is 20.4. The molecule has 0 unspecified atom stereocenters. The molecule has 4 rings (SSSR count). The van der Waals surface area contributed by atoms with E-state index in [4.69, 9.17) is 10.1 Å². The molecule has 179 valence electrons. The van der Waals surface area contributed by atoms with Crippen LogP contribution in [0.15, 0.2) is 72.6 Å². The summed E-state index contributed by atoms with van der Waals surface area (Å²) in [5.74, 6) is -0.0625. The summed E-state index contributed by atoms with van der Waals surface area (Å²) in [7, 11) is 0. The predicted octanol–water partition coefficient (Wildman–Crippen LogP) is 8.07. The van der Waals surface area contributed by atoms with Crippen LogP contribution in [0.5, 0.6) is 0 Å². The van der Waals surface area contributed by atoms with E-state index < -0.39 is 0 Å². The Labute approximate surface area is 219 Å². The summed E-state index contributed by atoms with van der Waals surface area (Å²) in [4.78, 5) is 16.0. The molecule has 5 heteroatoms. The zero-order chi connectivity index (χ0) is 24.2. The second-order valence-electron chi connectivity index (χ2n) is 9.20. The molecular weight excluding hydrogens is 619 g/mol. The summed E-state index contributed by atoms with van der Waals surface area (Å²) in [6, 6.07) is 22.9. The molecule has 0 amide bonds. The molecule has 1 N–H and O–H groups in total. The van der Waals surface area contributed by atoms with Crippen molar-refractivity contribution in [2.24, 2.45) is 0 Å². The van der Waals surface area contributed by atoms with Gasteiger partial charge in [-0.1, -0.05) is 64.1 Å². The number of rotatable bonds is 3. The number of aliphatic hydroxyl groups is 1. The van der Waals surface area contributed by atoms with Crippen LogP contribution in [0.25, 0.3) is 31.8 Å². The second kappa shape index (κ2) is 11.7. The number of carbonyl (C=O) groups excluding carboxylic acids is 1. The van der Waals surface area contributed by atoms with Crippen LogP contribution in [0.1, 0.15) is 45.7 Å². The van der Waals surface area contributed by atoms with E-state index in [1.807, 2.05) is 6.20 Å². The number of nitrogens with zero attached hydrogens (tertiary/aromatic N) is 1. The molecule has 3 nitrogen and oxygen atoms in total. The zero-order valence-corrected chi connectivity index (χ0v) is 23.6.